The third-order valence-corrected chi connectivity index (χ3v) is 6.10. The van der Waals surface area contributed by atoms with E-state index in [-0.39, 0.29) is 28.6 Å². The van der Waals surface area contributed by atoms with Gasteiger partial charge in [-0.25, -0.2) is 0 Å². The molecule has 0 bridgehead atoms. The first-order valence-corrected chi connectivity index (χ1v) is 9.63. The number of fused-ring (bicyclic) bond motifs is 3. The SMILES string of the molecule is CC1(C)CC(=O)C2C(=NC3=C(C(=O)c4ccccc43)[C@@H]2c2ccc(O)cc2)C1. The summed E-state index contributed by atoms with van der Waals surface area (Å²) in [7, 11) is 0. The molecule has 1 heterocycles. The number of carbonyl (C=O) groups excluding carboxylic acids is 2. The molecular formula is C24H21NO3. The maximum Gasteiger partial charge on any atom is 0.192 e. The van der Waals surface area contributed by atoms with Crippen LogP contribution < -0.4 is 0 Å². The molecule has 1 fully saturated rings. The molecule has 140 valence electrons. The number of carbonyl (C=O) groups is 2. The lowest BCUT2D eigenvalue weighted by Gasteiger charge is -2.40. The fourth-order valence-corrected chi connectivity index (χ4v) is 4.96. The Labute approximate surface area is 163 Å². The summed E-state index contributed by atoms with van der Waals surface area (Å²) in [5, 5.41) is 9.72. The van der Waals surface area contributed by atoms with Gasteiger partial charge in [0.1, 0.15) is 11.5 Å². The second kappa shape index (κ2) is 5.74. The van der Waals surface area contributed by atoms with E-state index in [4.69, 9.17) is 4.99 Å². The molecule has 2 atom stereocenters. The summed E-state index contributed by atoms with van der Waals surface area (Å²) in [6.07, 6.45) is 1.22. The number of phenolic OH excluding ortho intramolecular Hbond substituents is 1. The van der Waals surface area contributed by atoms with Crippen LogP contribution in [-0.4, -0.2) is 22.4 Å². The molecular weight excluding hydrogens is 350 g/mol. The maximum atomic E-state index is 13.3. The molecule has 1 unspecified atom stereocenters. The lowest BCUT2D eigenvalue weighted by Crippen LogP contribution is -2.43. The number of allylic oxidation sites excluding steroid dienone is 1. The molecule has 2 aromatic carbocycles. The average molecular weight is 371 g/mol. The van der Waals surface area contributed by atoms with Crippen LogP contribution in [0.3, 0.4) is 0 Å². The second-order valence-corrected chi connectivity index (χ2v) is 8.77. The van der Waals surface area contributed by atoms with Gasteiger partial charge in [-0.05, 0) is 29.5 Å². The van der Waals surface area contributed by atoms with Crippen LogP contribution in [0, 0.1) is 11.3 Å². The largest absolute Gasteiger partial charge is 0.508 e. The van der Waals surface area contributed by atoms with Crippen LogP contribution in [0.5, 0.6) is 5.75 Å². The number of aromatic hydroxyl groups is 1. The number of aliphatic imine (C=N–C) groups is 1. The first kappa shape index (κ1) is 17.1. The van der Waals surface area contributed by atoms with Gasteiger partial charge in [0, 0.05) is 34.8 Å². The summed E-state index contributed by atoms with van der Waals surface area (Å²) in [5.74, 6) is -0.492. The highest BCUT2D eigenvalue weighted by atomic mass is 16.3. The molecule has 1 aliphatic heterocycles. The van der Waals surface area contributed by atoms with Crippen LogP contribution in [0.15, 0.2) is 59.1 Å². The molecule has 2 aromatic rings. The molecule has 1 N–H and O–H groups in total. The molecule has 0 amide bonds. The van der Waals surface area contributed by atoms with Gasteiger partial charge in [-0.1, -0.05) is 50.2 Å². The summed E-state index contributed by atoms with van der Waals surface area (Å²) in [6.45, 7) is 4.19. The molecule has 0 aromatic heterocycles. The van der Waals surface area contributed by atoms with Crippen molar-refractivity contribution in [3.8, 4) is 5.75 Å². The van der Waals surface area contributed by atoms with Crippen LogP contribution in [0.2, 0.25) is 0 Å². The number of rotatable bonds is 1. The lowest BCUT2D eigenvalue weighted by molar-refractivity contribution is -0.124. The first-order chi connectivity index (χ1) is 13.4. The molecule has 4 nitrogen and oxygen atoms in total. The zero-order valence-electron chi connectivity index (χ0n) is 15.9. The van der Waals surface area contributed by atoms with E-state index in [0.29, 0.717) is 17.6 Å². The zero-order valence-corrected chi connectivity index (χ0v) is 15.9. The minimum atomic E-state index is -0.408. The minimum Gasteiger partial charge on any atom is -0.508 e. The van der Waals surface area contributed by atoms with Crippen molar-refractivity contribution in [1.29, 1.82) is 0 Å². The Morgan fingerprint density at radius 3 is 2.32 bits per heavy atom. The van der Waals surface area contributed by atoms with E-state index >= 15 is 0 Å². The number of ketones is 2. The highest BCUT2D eigenvalue weighted by molar-refractivity contribution is 6.25. The van der Waals surface area contributed by atoms with Gasteiger partial charge in [-0.3, -0.25) is 14.6 Å². The van der Waals surface area contributed by atoms with Crippen LogP contribution >= 0.6 is 0 Å². The Hall–Kier alpha value is -3.01. The third kappa shape index (κ3) is 2.40. The second-order valence-electron chi connectivity index (χ2n) is 8.77. The summed E-state index contributed by atoms with van der Waals surface area (Å²) in [6, 6.07) is 14.4. The van der Waals surface area contributed by atoms with Gasteiger partial charge in [0.15, 0.2) is 5.78 Å². The number of hydrogen-bond acceptors (Lipinski definition) is 4. The van der Waals surface area contributed by atoms with E-state index in [1.807, 2.05) is 36.4 Å². The van der Waals surface area contributed by atoms with Gasteiger partial charge in [-0.15, -0.1) is 0 Å². The predicted molar refractivity (Wildman–Crippen MR) is 107 cm³/mol. The highest BCUT2D eigenvalue weighted by Gasteiger charge is 2.49. The predicted octanol–water partition coefficient (Wildman–Crippen LogP) is 4.54. The number of hydrogen-bond donors (Lipinski definition) is 1. The molecule has 0 radical (unpaired) electrons. The molecule has 0 spiro atoms. The quantitative estimate of drug-likeness (QED) is 0.800. The summed E-state index contributed by atoms with van der Waals surface area (Å²) in [4.78, 5) is 31.4. The summed E-state index contributed by atoms with van der Waals surface area (Å²) >= 11 is 0. The van der Waals surface area contributed by atoms with E-state index in [2.05, 4.69) is 13.8 Å². The number of phenols is 1. The summed E-state index contributed by atoms with van der Waals surface area (Å²) < 4.78 is 0. The fourth-order valence-electron chi connectivity index (χ4n) is 4.96. The molecule has 2 aliphatic carbocycles. The fraction of sp³-hybridized carbons (Fsp3) is 0.292. The third-order valence-electron chi connectivity index (χ3n) is 6.10. The van der Waals surface area contributed by atoms with Crippen molar-refractivity contribution in [2.45, 2.75) is 32.6 Å². The van der Waals surface area contributed by atoms with Crippen molar-refractivity contribution in [3.63, 3.8) is 0 Å². The number of Topliss-reactive ketones (excluding diaryl/α,β-unsaturated/α-hetero) is 2. The molecule has 5 rings (SSSR count). The van der Waals surface area contributed by atoms with E-state index < -0.39 is 5.92 Å². The molecule has 1 saturated carbocycles. The standard InChI is InChI=1S/C24H21NO3/c1-24(2)11-17-20(18(27)12-24)19(13-7-9-14(26)10-8-13)21-22(25-17)15-5-3-4-6-16(15)23(21)28/h3-10,19-20,26H,11-12H2,1-2H3/t19-,20?/m1/s1. The van der Waals surface area contributed by atoms with Crippen molar-refractivity contribution in [2.24, 2.45) is 16.3 Å². The Bertz CT molecular complexity index is 1090. The van der Waals surface area contributed by atoms with Gasteiger partial charge in [0.25, 0.3) is 0 Å². The topological polar surface area (TPSA) is 66.7 Å². The molecule has 28 heavy (non-hydrogen) atoms. The minimum absolute atomic E-state index is 0.0379. The Balaban J connectivity index is 1.75. The Morgan fingerprint density at radius 2 is 1.61 bits per heavy atom. The van der Waals surface area contributed by atoms with E-state index in [1.165, 1.54) is 0 Å². The highest BCUT2D eigenvalue weighted by Crippen LogP contribution is 2.52. The van der Waals surface area contributed by atoms with Crippen LogP contribution in [0.4, 0.5) is 0 Å². The van der Waals surface area contributed by atoms with Crippen LogP contribution in [-0.2, 0) is 4.79 Å². The van der Waals surface area contributed by atoms with Gasteiger partial charge < -0.3 is 5.11 Å². The van der Waals surface area contributed by atoms with Crippen molar-refractivity contribution >= 4 is 23.0 Å². The van der Waals surface area contributed by atoms with Crippen LogP contribution in [0.1, 0.15) is 54.1 Å². The van der Waals surface area contributed by atoms with Gasteiger partial charge in [-0.2, -0.15) is 0 Å². The van der Waals surface area contributed by atoms with E-state index in [0.717, 1.165) is 29.0 Å². The lowest BCUT2D eigenvalue weighted by atomic mass is 9.63. The van der Waals surface area contributed by atoms with Crippen molar-refractivity contribution in [1.82, 2.24) is 0 Å². The first-order valence-electron chi connectivity index (χ1n) is 9.63. The van der Waals surface area contributed by atoms with Crippen molar-refractivity contribution in [2.75, 3.05) is 0 Å². The van der Waals surface area contributed by atoms with E-state index in [1.54, 1.807) is 12.1 Å². The van der Waals surface area contributed by atoms with Crippen LogP contribution in [0.25, 0.3) is 5.70 Å². The van der Waals surface area contributed by atoms with E-state index in [9.17, 15) is 14.7 Å². The maximum absolute atomic E-state index is 13.3. The van der Waals surface area contributed by atoms with Gasteiger partial charge in [0.05, 0.1) is 11.6 Å². The molecule has 0 saturated heterocycles. The monoisotopic (exact) mass is 371 g/mol. The molecule has 4 heteroatoms. The van der Waals surface area contributed by atoms with Crippen molar-refractivity contribution in [3.05, 3.63) is 70.8 Å². The smallest absolute Gasteiger partial charge is 0.192 e. The Kier molecular flexibility index (Phi) is 3.51. The number of nitrogens with zero attached hydrogens (tertiary/aromatic N) is 1. The van der Waals surface area contributed by atoms with Gasteiger partial charge in [0.2, 0.25) is 0 Å². The average Bonchev–Trinajstić information content (AvgIpc) is 2.93. The normalized spacial score (nSPS) is 25.1. The summed E-state index contributed by atoms with van der Waals surface area (Å²) in [5.41, 5.74) is 4.47. The van der Waals surface area contributed by atoms with Crippen molar-refractivity contribution < 1.29 is 14.7 Å². The van der Waals surface area contributed by atoms with Gasteiger partial charge >= 0.3 is 0 Å². The molecule has 3 aliphatic rings. The number of benzene rings is 2. The Morgan fingerprint density at radius 1 is 0.929 bits per heavy atom. The zero-order chi connectivity index (χ0) is 19.6.